The number of aliphatic carboxylic acids is 1. The number of aromatic nitrogens is 2. The minimum atomic E-state index is -0.709. The monoisotopic (exact) mass is 279 g/mol. The third-order valence-corrected chi connectivity index (χ3v) is 3.51. The van der Waals surface area contributed by atoms with Gasteiger partial charge in [-0.05, 0) is 32.6 Å². The van der Waals surface area contributed by atoms with Crippen LogP contribution in [0.5, 0.6) is 0 Å². The van der Waals surface area contributed by atoms with Gasteiger partial charge in [-0.3, -0.25) is 9.78 Å². The van der Waals surface area contributed by atoms with E-state index in [0.29, 0.717) is 5.92 Å². The normalized spacial score (nSPS) is 12.2. The van der Waals surface area contributed by atoms with Crippen molar-refractivity contribution in [2.75, 3.05) is 11.9 Å². The van der Waals surface area contributed by atoms with Crippen LogP contribution in [0.1, 0.15) is 50.4 Å². The maximum Gasteiger partial charge on any atom is 0.303 e. The average molecular weight is 279 g/mol. The average Bonchev–Trinajstić information content (AvgIpc) is 2.40. The van der Waals surface area contributed by atoms with Gasteiger partial charge in [-0.15, -0.1) is 0 Å². The standard InChI is InChI=1S/C15H25N3O2/c1-4-5-13(6-7-15(19)20)8-9-16-14-10-17-11(2)12(3)18-14/h10,13H,4-9H2,1-3H3,(H,16,18)(H,19,20). The van der Waals surface area contributed by atoms with Gasteiger partial charge in [-0.25, -0.2) is 4.98 Å². The van der Waals surface area contributed by atoms with Crippen molar-refractivity contribution in [3.05, 3.63) is 17.6 Å². The third kappa shape index (κ3) is 5.99. The van der Waals surface area contributed by atoms with E-state index in [0.717, 1.165) is 49.4 Å². The van der Waals surface area contributed by atoms with E-state index in [1.165, 1.54) is 0 Å². The van der Waals surface area contributed by atoms with Crippen LogP contribution in [-0.2, 0) is 4.79 Å². The summed E-state index contributed by atoms with van der Waals surface area (Å²) < 4.78 is 0. The minimum absolute atomic E-state index is 0.258. The fourth-order valence-electron chi connectivity index (χ4n) is 2.20. The van der Waals surface area contributed by atoms with Gasteiger partial charge in [-0.1, -0.05) is 19.8 Å². The van der Waals surface area contributed by atoms with Gasteiger partial charge in [-0.2, -0.15) is 0 Å². The first-order valence-corrected chi connectivity index (χ1v) is 7.28. The van der Waals surface area contributed by atoms with Crippen molar-refractivity contribution in [1.82, 2.24) is 9.97 Å². The molecule has 1 aromatic rings. The summed E-state index contributed by atoms with van der Waals surface area (Å²) >= 11 is 0. The predicted octanol–water partition coefficient (Wildman–Crippen LogP) is 3.18. The Morgan fingerprint density at radius 2 is 2.05 bits per heavy atom. The van der Waals surface area contributed by atoms with E-state index in [2.05, 4.69) is 22.2 Å². The second kappa shape index (κ2) is 8.51. The highest BCUT2D eigenvalue weighted by Gasteiger charge is 2.10. The van der Waals surface area contributed by atoms with Gasteiger partial charge in [0.1, 0.15) is 5.82 Å². The molecular formula is C15H25N3O2. The summed E-state index contributed by atoms with van der Waals surface area (Å²) in [4.78, 5) is 19.3. The molecule has 0 radical (unpaired) electrons. The summed E-state index contributed by atoms with van der Waals surface area (Å²) in [5.41, 5.74) is 1.88. The fourth-order valence-corrected chi connectivity index (χ4v) is 2.20. The summed E-state index contributed by atoms with van der Waals surface area (Å²) in [6, 6.07) is 0. The summed E-state index contributed by atoms with van der Waals surface area (Å²) in [6.07, 6.45) is 5.89. The van der Waals surface area contributed by atoms with E-state index < -0.39 is 5.97 Å². The Bertz CT molecular complexity index is 435. The Morgan fingerprint density at radius 3 is 2.65 bits per heavy atom. The molecule has 0 aliphatic heterocycles. The van der Waals surface area contributed by atoms with Gasteiger partial charge in [0.15, 0.2) is 0 Å². The number of rotatable bonds is 9. The van der Waals surface area contributed by atoms with Crippen LogP contribution in [0, 0.1) is 19.8 Å². The maximum atomic E-state index is 10.6. The van der Waals surface area contributed by atoms with Crippen LogP contribution < -0.4 is 5.32 Å². The first-order valence-electron chi connectivity index (χ1n) is 7.28. The molecule has 112 valence electrons. The SMILES string of the molecule is CCCC(CCNc1cnc(C)c(C)n1)CCC(=O)O. The van der Waals surface area contributed by atoms with Gasteiger partial charge >= 0.3 is 5.97 Å². The molecule has 0 saturated heterocycles. The molecule has 1 heterocycles. The summed E-state index contributed by atoms with van der Waals surface area (Å²) in [5.74, 6) is 0.545. The molecule has 2 N–H and O–H groups in total. The quantitative estimate of drug-likeness (QED) is 0.726. The zero-order valence-corrected chi connectivity index (χ0v) is 12.6. The van der Waals surface area contributed by atoms with Crippen molar-refractivity contribution in [2.45, 2.75) is 52.9 Å². The van der Waals surface area contributed by atoms with E-state index in [4.69, 9.17) is 5.11 Å². The molecular weight excluding hydrogens is 254 g/mol. The number of nitrogens with zero attached hydrogens (tertiary/aromatic N) is 2. The van der Waals surface area contributed by atoms with Crippen LogP contribution in [0.3, 0.4) is 0 Å². The van der Waals surface area contributed by atoms with Crippen molar-refractivity contribution < 1.29 is 9.90 Å². The van der Waals surface area contributed by atoms with Gasteiger partial charge in [0.2, 0.25) is 0 Å². The number of carboxylic acids is 1. The zero-order chi connectivity index (χ0) is 15.0. The molecule has 1 atom stereocenters. The summed E-state index contributed by atoms with van der Waals surface area (Å²) in [5, 5.41) is 12.0. The van der Waals surface area contributed by atoms with Crippen molar-refractivity contribution >= 4 is 11.8 Å². The number of hydrogen-bond donors (Lipinski definition) is 2. The van der Waals surface area contributed by atoms with E-state index in [1.807, 2.05) is 13.8 Å². The van der Waals surface area contributed by atoms with Crippen LogP contribution in [-0.4, -0.2) is 27.6 Å². The topological polar surface area (TPSA) is 75.1 Å². The molecule has 0 fully saturated rings. The van der Waals surface area contributed by atoms with Crippen molar-refractivity contribution in [3.63, 3.8) is 0 Å². The molecule has 0 saturated carbocycles. The van der Waals surface area contributed by atoms with Crippen LogP contribution in [0.25, 0.3) is 0 Å². The Labute approximate surface area is 120 Å². The van der Waals surface area contributed by atoms with E-state index in [-0.39, 0.29) is 6.42 Å². The Morgan fingerprint density at radius 1 is 1.30 bits per heavy atom. The fraction of sp³-hybridized carbons (Fsp3) is 0.667. The lowest BCUT2D eigenvalue weighted by Crippen LogP contribution is -2.12. The van der Waals surface area contributed by atoms with Crippen LogP contribution in [0.2, 0.25) is 0 Å². The van der Waals surface area contributed by atoms with Gasteiger partial charge in [0.25, 0.3) is 0 Å². The molecule has 0 amide bonds. The summed E-state index contributed by atoms with van der Waals surface area (Å²) in [6.45, 7) is 6.83. The lowest BCUT2D eigenvalue weighted by molar-refractivity contribution is -0.137. The van der Waals surface area contributed by atoms with E-state index >= 15 is 0 Å². The van der Waals surface area contributed by atoms with Crippen molar-refractivity contribution in [3.8, 4) is 0 Å². The molecule has 0 aromatic carbocycles. The Balaban J connectivity index is 2.38. The highest BCUT2D eigenvalue weighted by atomic mass is 16.4. The van der Waals surface area contributed by atoms with E-state index in [1.54, 1.807) is 6.20 Å². The molecule has 0 spiro atoms. The van der Waals surface area contributed by atoms with Gasteiger partial charge in [0.05, 0.1) is 17.6 Å². The molecule has 0 aliphatic rings. The lowest BCUT2D eigenvalue weighted by Gasteiger charge is -2.15. The molecule has 1 unspecified atom stereocenters. The number of anilines is 1. The second-order valence-corrected chi connectivity index (χ2v) is 5.23. The number of aryl methyl sites for hydroxylation is 2. The van der Waals surface area contributed by atoms with E-state index in [9.17, 15) is 4.79 Å². The van der Waals surface area contributed by atoms with Crippen molar-refractivity contribution in [1.29, 1.82) is 0 Å². The first-order chi connectivity index (χ1) is 9.52. The predicted molar refractivity (Wildman–Crippen MR) is 79.9 cm³/mol. The highest BCUT2D eigenvalue weighted by Crippen LogP contribution is 2.18. The minimum Gasteiger partial charge on any atom is -0.481 e. The maximum absolute atomic E-state index is 10.6. The zero-order valence-electron chi connectivity index (χ0n) is 12.6. The largest absolute Gasteiger partial charge is 0.481 e. The Hall–Kier alpha value is -1.65. The molecule has 20 heavy (non-hydrogen) atoms. The van der Waals surface area contributed by atoms with Gasteiger partial charge < -0.3 is 10.4 Å². The van der Waals surface area contributed by atoms with Crippen LogP contribution >= 0.6 is 0 Å². The van der Waals surface area contributed by atoms with Crippen LogP contribution in [0.15, 0.2) is 6.20 Å². The third-order valence-electron chi connectivity index (χ3n) is 3.51. The smallest absolute Gasteiger partial charge is 0.303 e. The molecule has 0 aliphatic carbocycles. The molecule has 1 rings (SSSR count). The van der Waals surface area contributed by atoms with Gasteiger partial charge in [0, 0.05) is 13.0 Å². The van der Waals surface area contributed by atoms with Crippen molar-refractivity contribution in [2.24, 2.45) is 5.92 Å². The number of carbonyl (C=O) groups is 1. The first kappa shape index (κ1) is 16.4. The molecule has 0 bridgehead atoms. The second-order valence-electron chi connectivity index (χ2n) is 5.23. The lowest BCUT2D eigenvalue weighted by atomic mass is 9.94. The molecule has 1 aromatic heterocycles. The molecule has 5 heteroatoms. The molecule has 5 nitrogen and oxygen atoms in total. The number of hydrogen-bond acceptors (Lipinski definition) is 4. The highest BCUT2D eigenvalue weighted by molar-refractivity contribution is 5.66. The Kier molecular flexibility index (Phi) is 6.98. The number of nitrogens with one attached hydrogen (secondary N) is 1. The van der Waals surface area contributed by atoms with Crippen LogP contribution in [0.4, 0.5) is 5.82 Å². The summed E-state index contributed by atoms with van der Waals surface area (Å²) in [7, 11) is 0. The number of carboxylic acid groups (broad SMARTS) is 1.